The van der Waals surface area contributed by atoms with Gasteiger partial charge in [0.15, 0.2) is 6.10 Å². The van der Waals surface area contributed by atoms with Gasteiger partial charge < -0.3 is 14.2 Å². The molecule has 0 aliphatic carbocycles. The molecule has 0 saturated heterocycles. The van der Waals surface area contributed by atoms with Crippen molar-refractivity contribution in [1.29, 1.82) is 0 Å². The van der Waals surface area contributed by atoms with Crippen LogP contribution in [0.5, 0.6) is 0 Å². The molecule has 0 fully saturated rings. The molecular formula is C49H94O6. The molecule has 0 radical (unpaired) electrons. The maximum absolute atomic E-state index is 12.7. The summed E-state index contributed by atoms with van der Waals surface area (Å²) in [7, 11) is 0. The molecule has 0 aromatic heterocycles. The standard InChI is InChI=1S/C49H94O6/c1-5-8-10-12-14-16-18-19-20-25-28-32-36-40-47(50)53-43-46(55-49(52)42-38-34-30-24-17-15-13-11-9-6-2)44-54-48(51)41-37-33-29-26-22-21-23-27-31-35-39-45(4)7-3/h45-46H,5-44H2,1-4H3/t45?,46-/m1/s1. The summed E-state index contributed by atoms with van der Waals surface area (Å²) in [5, 5.41) is 0. The van der Waals surface area contributed by atoms with Crippen molar-refractivity contribution in [3.63, 3.8) is 0 Å². The summed E-state index contributed by atoms with van der Waals surface area (Å²) in [6, 6.07) is 0. The number of ether oxygens (including phenoxy) is 3. The van der Waals surface area contributed by atoms with E-state index < -0.39 is 6.10 Å². The van der Waals surface area contributed by atoms with E-state index in [1.54, 1.807) is 0 Å². The van der Waals surface area contributed by atoms with Gasteiger partial charge in [-0.3, -0.25) is 14.4 Å². The van der Waals surface area contributed by atoms with Crippen molar-refractivity contribution in [3.05, 3.63) is 0 Å². The van der Waals surface area contributed by atoms with Gasteiger partial charge in [0.1, 0.15) is 13.2 Å². The maximum atomic E-state index is 12.7. The molecule has 6 nitrogen and oxygen atoms in total. The summed E-state index contributed by atoms with van der Waals surface area (Å²) in [5.74, 6) is 0.0194. The Morgan fingerprint density at radius 2 is 0.636 bits per heavy atom. The first-order valence-electron chi connectivity index (χ1n) is 24.4. The van der Waals surface area contributed by atoms with Gasteiger partial charge in [-0.25, -0.2) is 0 Å². The van der Waals surface area contributed by atoms with E-state index in [1.807, 2.05) is 0 Å². The summed E-state index contributed by atoms with van der Waals surface area (Å²) < 4.78 is 16.7. The molecule has 0 aromatic carbocycles. The van der Waals surface area contributed by atoms with Crippen molar-refractivity contribution in [1.82, 2.24) is 0 Å². The number of hydrogen-bond donors (Lipinski definition) is 0. The Balaban J connectivity index is 4.30. The van der Waals surface area contributed by atoms with Crippen LogP contribution in [0.25, 0.3) is 0 Å². The SMILES string of the molecule is CCCCCCCCCCCCCCCC(=O)OC[C@H](COC(=O)CCCCCCCCCCCCC(C)CC)OC(=O)CCCCCCCCCCCC. The monoisotopic (exact) mass is 779 g/mol. The van der Waals surface area contributed by atoms with E-state index in [-0.39, 0.29) is 31.1 Å². The quantitative estimate of drug-likeness (QED) is 0.0348. The predicted molar refractivity (Wildman–Crippen MR) is 233 cm³/mol. The average Bonchev–Trinajstić information content (AvgIpc) is 3.18. The Labute approximate surface area is 342 Å². The molecule has 0 N–H and O–H groups in total. The summed E-state index contributed by atoms with van der Waals surface area (Å²) in [4.78, 5) is 37.8. The van der Waals surface area contributed by atoms with E-state index in [9.17, 15) is 14.4 Å². The topological polar surface area (TPSA) is 78.9 Å². The average molecular weight is 779 g/mol. The first-order chi connectivity index (χ1) is 26.9. The lowest BCUT2D eigenvalue weighted by Gasteiger charge is -2.18. The van der Waals surface area contributed by atoms with Crippen molar-refractivity contribution in [2.24, 2.45) is 5.92 Å². The molecule has 55 heavy (non-hydrogen) atoms. The maximum Gasteiger partial charge on any atom is 0.306 e. The van der Waals surface area contributed by atoms with E-state index in [2.05, 4.69) is 27.7 Å². The molecule has 0 aromatic rings. The number of carbonyl (C=O) groups is 3. The summed E-state index contributed by atoms with van der Waals surface area (Å²) in [6.07, 6.45) is 43.6. The number of carbonyl (C=O) groups excluding carboxylic acids is 3. The van der Waals surface area contributed by atoms with Gasteiger partial charge >= 0.3 is 17.9 Å². The zero-order chi connectivity index (χ0) is 40.3. The van der Waals surface area contributed by atoms with Crippen LogP contribution in [-0.2, 0) is 28.6 Å². The molecule has 0 aliphatic heterocycles. The van der Waals surface area contributed by atoms with Crippen molar-refractivity contribution in [2.75, 3.05) is 13.2 Å². The third kappa shape index (κ3) is 41.9. The van der Waals surface area contributed by atoms with Crippen LogP contribution in [0.3, 0.4) is 0 Å². The first kappa shape index (κ1) is 53.4. The molecule has 326 valence electrons. The lowest BCUT2D eigenvalue weighted by Crippen LogP contribution is -2.30. The summed E-state index contributed by atoms with van der Waals surface area (Å²) >= 11 is 0. The van der Waals surface area contributed by atoms with Crippen LogP contribution in [0.2, 0.25) is 0 Å². The van der Waals surface area contributed by atoms with Crippen molar-refractivity contribution in [3.8, 4) is 0 Å². The van der Waals surface area contributed by atoms with Gasteiger partial charge in [-0.15, -0.1) is 0 Å². The van der Waals surface area contributed by atoms with Crippen LogP contribution in [0.1, 0.15) is 272 Å². The third-order valence-electron chi connectivity index (χ3n) is 11.4. The Bertz CT molecular complexity index is 828. The number of unbranched alkanes of at least 4 members (excludes halogenated alkanes) is 30. The van der Waals surface area contributed by atoms with E-state index in [0.717, 1.165) is 63.7 Å². The number of esters is 3. The molecule has 0 saturated carbocycles. The van der Waals surface area contributed by atoms with Crippen LogP contribution in [0, 0.1) is 5.92 Å². The molecule has 6 heteroatoms. The summed E-state index contributed by atoms with van der Waals surface area (Å²) in [6.45, 7) is 9.02. The highest BCUT2D eigenvalue weighted by Crippen LogP contribution is 2.17. The second kappa shape index (κ2) is 43.5. The Morgan fingerprint density at radius 3 is 0.945 bits per heavy atom. The highest BCUT2D eigenvalue weighted by molar-refractivity contribution is 5.71. The van der Waals surface area contributed by atoms with Crippen LogP contribution in [0.4, 0.5) is 0 Å². The Hall–Kier alpha value is -1.59. The lowest BCUT2D eigenvalue weighted by molar-refractivity contribution is -0.167. The van der Waals surface area contributed by atoms with Gasteiger partial charge in [-0.2, -0.15) is 0 Å². The third-order valence-corrected chi connectivity index (χ3v) is 11.4. The minimum Gasteiger partial charge on any atom is -0.462 e. The van der Waals surface area contributed by atoms with Gasteiger partial charge in [-0.1, -0.05) is 233 Å². The molecule has 1 unspecified atom stereocenters. The Kier molecular flexibility index (Phi) is 42.3. The van der Waals surface area contributed by atoms with E-state index in [1.165, 1.54) is 167 Å². The normalized spacial score (nSPS) is 12.4. The zero-order valence-electron chi connectivity index (χ0n) is 37.4. The van der Waals surface area contributed by atoms with Crippen LogP contribution >= 0.6 is 0 Å². The molecule has 0 bridgehead atoms. The van der Waals surface area contributed by atoms with Crippen molar-refractivity contribution < 1.29 is 28.6 Å². The van der Waals surface area contributed by atoms with Gasteiger partial charge in [0.2, 0.25) is 0 Å². The summed E-state index contributed by atoms with van der Waals surface area (Å²) in [5.41, 5.74) is 0. The fraction of sp³-hybridized carbons (Fsp3) is 0.939. The second-order valence-electron chi connectivity index (χ2n) is 17.0. The Morgan fingerprint density at radius 1 is 0.364 bits per heavy atom. The largest absolute Gasteiger partial charge is 0.462 e. The van der Waals surface area contributed by atoms with Gasteiger partial charge in [0.25, 0.3) is 0 Å². The van der Waals surface area contributed by atoms with Crippen LogP contribution < -0.4 is 0 Å². The van der Waals surface area contributed by atoms with E-state index >= 15 is 0 Å². The van der Waals surface area contributed by atoms with Crippen molar-refractivity contribution >= 4 is 17.9 Å². The molecule has 0 spiro atoms. The highest BCUT2D eigenvalue weighted by atomic mass is 16.6. The minimum absolute atomic E-state index is 0.0633. The fourth-order valence-electron chi connectivity index (χ4n) is 7.30. The smallest absolute Gasteiger partial charge is 0.306 e. The van der Waals surface area contributed by atoms with Gasteiger partial charge in [0.05, 0.1) is 0 Å². The molecule has 0 rings (SSSR count). The van der Waals surface area contributed by atoms with E-state index in [0.29, 0.717) is 19.3 Å². The minimum atomic E-state index is -0.759. The number of rotatable bonds is 44. The molecule has 0 heterocycles. The predicted octanol–water partition coefficient (Wildman–Crippen LogP) is 15.5. The van der Waals surface area contributed by atoms with Crippen LogP contribution in [0.15, 0.2) is 0 Å². The molecule has 0 amide bonds. The van der Waals surface area contributed by atoms with Gasteiger partial charge in [0, 0.05) is 19.3 Å². The highest BCUT2D eigenvalue weighted by Gasteiger charge is 2.19. The van der Waals surface area contributed by atoms with Gasteiger partial charge in [-0.05, 0) is 25.2 Å². The molecular weight excluding hydrogens is 685 g/mol. The first-order valence-corrected chi connectivity index (χ1v) is 24.4. The molecule has 2 atom stereocenters. The number of hydrogen-bond acceptors (Lipinski definition) is 6. The lowest BCUT2D eigenvalue weighted by atomic mass is 9.99. The second-order valence-corrected chi connectivity index (χ2v) is 17.0. The fourth-order valence-corrected chi connectivity index (χ4v) is 7.30. The van der Waals surface area contributed by atoms with Crippen molar-refractivity contribution in [2.45, 2.75) is 278 Å². The molecule has 0 aliphatic rings. The van der Waals surface area contributed by atoms with Crippen LogP contribution in [-0.4, -0.2) is 37.2 Å². The zero-order valence-corrected chi connectivity index (χ0v) is 37.4. The van der Waals surface area contributed by atoms with E-state index in [4.69, 9.17) is 14.2 Å².